The van der Waals surface area contributed by atoms with Crippen LogP contribution < -0.4 is 19.7 Å². The van der Waals surface area contributed by atoms with Crippen molar-refractivity contribution >= 4 is 23.2 Å². The highest BCUT2D eigenvalue weighted by molar-refractivity contribution is 5.96. The van der Waals surface area contributed by atoms with Crippen molar-refractivity contribution < 1.29 is 32.2 Å². The summed E-state index contributed by atoms with van der Waals surface area (Å²) in [5, 5.41) is 2.16. The molecular weight excluding hydrogens is 377 g/mol. The smallest absolute Gasteiger partial charge is 0.226 e. The Hall–Kier alpha value is -3.23. The fourth-order valence-electron chi connectivity index (χ4n) is 2.50. The molecular formula is C19H19F3N2O4. The van der Waals surface area contributed by atoms with Gasteiger partial charge in [0.15, 0.2) is 17.5 Å². The first kappa shape index (κ1) is 21.1. The van der Waals surface area contributed by atoms with Crippen LogP contribution in [0.4, 0.5) is 24.5 Å². The Kier molecular flexibility index (Phi) is 6.86. The molecule has 2 aromatic rings. The third-order valence-electron chi connectivity index (χ3n) is 3.93. The minimum atomic E-state index is -1.67. The molecule has 150 valence electrons. The second kappa shape index (κ2) is 9.12. The van der Waals surface area contributed by atoms with E-state index in [0.29, 0.717) is 23.3 Å². The Morgan fingerprint density at radius 2 is 1.75 bits per heavy atom. The minimum absolute atomic E-state index is 0.0465. The number of nitrogens with zero attached hydrogens (tertiary/aromatic N) is 1. The maximum atomic E-state index is 13.7. The van der Waals surface area contributed by atoms with E-state index >= 15 is 0 Å². The van der Waals surface area contributed by atoms with Gasteiger partial charge in [-0.1, -0.05) is 0 Å². The molecule has 28 heavy (non-hydrogen) atoms. The maximum absolute atomic E-state index is 13.7. The molecule has 0 bridgehead atoms. The SMILES string of the molecule is COc1ccc(N(CCC(=O)Nc2ccc(F)c(F)c2F)C(C)=O)c(OC)c1. The van der Waals surface area contributed by atoms with Crippen molar-refractivity contribution in [1.29, 1.82) is 0 Å². The number of carbonyl (C=O) groups is 2. The molecule has 1 N–H and O–H groups in total. The summed E-state index contributed by atoms with van der Waals surface area (Å²) >= 11 is 0. The molecule has 0 saturated heterocycles. The van der Waals surface area contributed by atoms with E-state index in [4.69, 9.17) is 9.47 Å². The van der Waals surface area contributed by atoms with Crippen LogP contribution in [-0.4, -0.2) is 32.6 Å². The molecule has 0 aromatic heterocycles. The first-order valence-corrected chi connectivity index (χ1v) is 8.22. The van der Waals surface area contributed by atoms with Gasteiger partial charge in [-0.05, 0) is 24.3 Å². The maximum Gasteiger partial charge on any atom is 0.226 e. The second-order valence-corrected chi connectivity index (χ2v) is 5.73. The zero-order chi connectivity index (χ0) is 20.8. The Bertz CT molecular complexity index is 890. The molecule has 0 heterocycles. The third kappa shape index (κ3) is 4.73. The number of methoxy groups -OCH3 is 2. The standard InChI is InChI=1S/C19H19F3N2O4/c1-11(25)24(15-7-4-12(27-2)10-16(15)28-3)9-8-17(26)23-14-6-5-13(20)18(21)19(14)22/h4-7,10H,8-9H2,1-3H3,(H,23,26). The van der Waals surface area contributed by atoms with Gasteiger partial charge in [0, 0.05) is 26.0 Å². The number of rotatable bonds is 7. The fraction of sp³-hybridized carbons (Fsp3) is 0.263. The molecule has 0 unspecified atom stereocenters. The molecule has 2 aromatic carbocycles. The van der Waals surface area contributed by atoms with Gasteiger partial charge in [0.25, 0.3) is 0 Å². The Balaban J connectivity index is 2.13. The summed E-state index contributed by atoms with van der Waals surface area (Å²) in [6.45, 7) is 1.27. The molecule has 0 aliphatic rings. The van der Waals surface area contributed by atoms with E-state index < -0.39 is 29.0 Å². The molecule has 0 fully saturated rings. The van der Waals surface area contributed by atoms with Crippen LogP contribution in [0, 0.1) is 17.5 Å². The molecule has 0 spiro atoms. The molecule has 0 atom stereocenters. The molecule has 9 heteroatoms. The van der Waals surface area contributed by atoms with Crippen molar-refractivity contribution in [1.82, 2.24) is 0 Å². The number of hydrogen-bond donors (Lipinski definition) is 1. The van der Waals surface area contributed by atoms with Crippen molar-refractivity contribution in [3.63, 3.8) is 0 Å². The van der Waals surface area contributed by atoms with Crippen molar-refractivity contribution in [3.05, 3.63) is 47.8 Å². The molecule has 0 aliphatic carbocycles. The van der Waals surface area contributed by atoms with Crippen molar-refractivity contribution in [2.75, 3.05) is 31.0 Å². The Morgan fingerprint density at radius 3 is 2.36 bits per heavy atom. The lowest BCUT2D eigenvalue weighted by atomic mass is 10.2. The van der Waals surface area contributed by atoms with Gasteiger partial charge in [-0.15, -0.1) is 0 Å². The number of nitrogens with one attached hydrogen (secondary N) is 1. The fourth-order valence-corrected chi connectivity index (χ4v) is 2.50. The zero-order valence-corrected chi connectivity index (χ0v) is 15.5. The van der Waals surface area contributed by atoms with Gasteiger partial charge in [0.05, 0.1) is 25.6 Å². The lowest BCUT2D eigenvalue weighted by molar-refractivity contribution is -0.117. The van der Waals surface area contributed by atoms with Gasteiger partial charge in [-0.2, -0.15) is 0 Å². The summed E-state index contributed by atoms with van der Waals surface area (Å²) in [6, 6.07) is 6.44. The Labute approximate surface area is 159 Å². The predicted octanol–water partition coefficient (Wildman–Crippen LogP) is 3.50. The van der Waals surface area contributed by atoms with E-state index in [9.17, 15) is 22.8 Å². The van der Waals surface area contributed by atoms with Gasteiger partial charge in [0.1, 0.15) is 11.5 Å². The number of amides is 2. The first-order chi connectivity index (χ1) is 13.3. The van der Waals surface area contributed by atoms with E-state index in [1.807, 2.05) is 0 Å². The van der Waals surface area contributed by atoms with Gasteiger partial charge in [-0.3, -0.25) is 9.59 Å². The number of benzene rings is 2. The van der Waals surface area contributed by atoms with Crippen molar-refractivity contribution in [2.45, 2.75) is 13.3 Å². The van der Waals surface area contributed by atoms with Crippen LogP contribution >= 0.6 is 0 Å². The van der Waals surface area contributed by atoms with Gasteiger partial charge in [-0.25, -0.2) is 13.2 Å². The summed E-state index contributed by atoms with van der Waals surface area (Å²) in [7, 11) is 2.91. The summed E-state index contributed by atoms with van der Waals surface area (Å²) in [6.07, 6.45) is -0.215. The summed E-state index contributed by atoms with van der Waals surface area (Å²) < 4.78 is 50.2. The monoisotopic (exact) mass is 396 g/mol. The number of carbonyl (C=O) groups excluding carboxylic acids is 2. The lowest BCUT2D eigenvalue weighted by Crippen LogP contribution is -2.32. The summed E-state index contributed by atoms with van der Waals surface area (Å²) in [5.41, 5.74) is -0.0667. The minimum Gasteiger partial charge on any atom is -0.497 e. The van der Waals surface area contributed by atoms with Crippen LogP contribution in [-0.2, 0) is 9.59 Å². The average molecular weight is 396 g/mol. The van der Waals surface area contributed by atoms with Crippen LogP contribution in [0.25, 0.3) is 0 Å². The van der Waals surface area contributed by atoms with Crippen molar-refractivity contribution in [3.8, 4) is 11.5 Å². The van der Waals surface area contributed by atoms with Crippen molar-refractivity contribution in [2.24, 2.45) is 0 Å². The molecule has 0 radical (unpaired) electrons. The van der Waals surface area contributed by atoms with Crippen LogP contribution in [0.15, 0.2) is 30.3 Å². The normalized spacial score (nSPS) is 10.4. The topological polar surface area (TPSA) is 67.9 Å². The molecule has 0 saturated carbocycles. The molecule has 6 nitrogen and oxygen atoms in total. The second-order valence-electron chi connectivity index (χ2n) is 5.73. The summed E-state index contributed by atoms with van der Waals surface area (Å²) in [4.78, 5) is 25.4. The van der Waals surface area contributed by atoms with E-state index in [1.165, 1.54) is 26.0 Å². The Morgan fingerprint density at radius 1 is 1.04 bits per heavy atom. The van der Waals surface area contributed by atoms with Crippen LogP contribution in [0.5, 0.6) is 11.5 Å². The van der Waals surface area contributed by atoms with Crippen LogP contribution in [0.1, 0.15) is 13.3 Å². The highest BCUT2D eigenvalue weighted by atomic mass is 19.2. The highest BCUT2D eigenvalue weighted by Crippen LogP contribution is 2.32. The van der Waals surface area contributed by atoms with Gasteiger partial charge >= 0.3 is 0 Å². The van der Waals surface area contributed by atoms with E-state index in [0.717, 1.165) is 6.07 Å². The number of halogens is 3. The number of ether oxygens (including phenoxy) is 2. The predicted molar refractivity (Wildman–Crippen MR) is 97.1 cm³/mol. The highest BCUT2D eigenvalue weighted by Gasteiger charge is 2.20. The number of anilines is 2. The quantitative estimate of drug-likeness (QED) is 0.728. The first-order valence-electron chi connectivity index (χ1n) is 8.22. The van der Waals surface area contributed by atoms with E-state index in [1.54, 1.807) is 18.2 Å². The summed E-state index contributed by atoms with van der Waals surface area (Å²) in [5.74, 6) is -4.67. The molecule has 2 rings (SSSR count). The lowest BCUT2D eigenvalue weighted by Gasteiger charge is -2.23. The zero-order valence-electron chi connectivity index (χ0n) is 15.5. The largest absolute Gasteiger partial charge is 0.497 e. The van der Waals surface area contributed by atoms with Gasteiger partial charge in [0.2, 0.25) is 11.8 Å². The van der Waals surface area contributed by atoms with Gasteiger partial charge < -0.3 is 19.7 Å². The van der Waals surface area contributed by atoms with Crippen LogP contribution in [0.2, 0.25) is 0 Å². The van der Waals surface area contributed by atoms with Crippen LogP contribution in [0.3, 0.4) is 0 Å². The van der Waals surface area contributed by atoms with E-state index in [2.05, 4.69) is 5.32 Å². The average Bonchev–Trinajstić information content (AvgIpc) is 2.68. The third-order valence-corrected chi connectivity index (χ3v) is 3.93. The molecule has 2 amide bonds. The number of hydrogen-bond acceptors (Lipinski definition) is 4. The molecule has 0 aliphatic heterocycles. The van der Waals surface area contributed by atoms with E-state index in [-0.39, 0.29) is 18.9 Å².